The summed E-state index contributed by atoms with van der Waals surface area (Å²) in [5.41, 5.74) is 0.907. The van der Waals surface area contributed by atoms with Gasteiger partial charge in [0.15, 0.2) is 0 Å². The van der Waals surface area contributed by atoms with Crippen molar-refractivity contribution in [3.63, 3.8) is 0 Å². The molecule has 1 saturated heterocycles. The van der Waals surface area contributed by atoms with Crippen molar-refractivity contribution in [1.82, 2.24) is 10.2 Å². The third kappa shape index (κ3) is 3.97. The Balaban J connectivity index is 1.60. The molecule has 4 nitrogen and oxygen atoms in total. The zero-order chi connectivity index (χ0) is 17.4. The molecule has 2 aliphatic rings. The first-order chi connectivity index (χ1) is 11.3. The monoisotopic (exact) mass is 414 g/mol. The number of thiophene rings is 1. The molecule has 2 heterocycles. The molecule has 1 aliphatic carbocycles. The third-order valence-corrected chi connectivity index (χ3v) is 6.90. The Labute approximate surface area is 157 Å². The van der Waals surface area contributed by atoms with Gasteiger partial charge in [-0.05, 0) is 79.7 Å². The predicted molar refractivity (Wildman–Crippen MR) is 101 cm³/mol. The van der Waals surface area contributed by atoms with Gasteiger partial charge in [-0.25, -0.2) is 4.79 Å². The number of amides is 1. The summed E-state index contributed by atoms with van der Waals surface area (Å²) in [4.78, 5) is 14.6. The van der Waals surface area contributed by atoms with Crippen molar-refractivity contribution in [3.8, 4) is 0 Å². The molecule has 134 valence electrons. The summed E-state index contributed by atoms with van der Waals surface area (Å²) in [6, 6.07) is 0.468. The summed E-state index contributed by atoms with van der Waals surface area (Å²) in [6.07, 6.45) is 5.30. The molecule has 1 unspecified atom stereocenters. The van der Waals surface area contributed by atoms with E-state index < -0.39 is 5.60 Å². The SMILES string of the molecule is CC(C)(C)OC(=O)N1CCC(NCc2cscc2Br)CC12CCC2. The van der Waals surface area contributed by atoms with Gasteiger partial charge in [0.05, 0.1) is 0 Å². The highest BCUT2D eigenvalue weighted by Crippen LogP contribution is 2.45. The fourth-order valence-electron chi connectivity index (χ4n) is 3.72. The maximum absolute atomic E-state index is 12.6. The number of halogens is 1. The minimum absolute atomic E-state index is 0.0180. The van der Waals surface area contributed by atoms with Crippen LogP contribution in [0.2, 0.25) is 0 Å². The van der Waals surface area contributed by atoms with E-state index in [1.807, 2.05) is 25.7 Å². The van der Waals surface area contributed by atoms with Crippen molar-refractivity contribution < 1.29 is 9.53 Å². The summed E-state index contributed by atoms with van der Waals surface area (Å²) < 4.78 is 6.82. The molecule has 1 saturated carbocycles. The van der Waals surface area contributed by atoms with E-state index in [1.165, 1.54) is 16.5 Å². The van der Waals surface area contributed by atoms with Gasteiger partial charge in [0.1, 0.15) is 5.60 Å². The number of carbonyl (C=O) groups is 1. The van der Waals surface area contributed by atoms with Crippen LogP contribution >= 0.6 is 27.3 Å². The molecule has 1 amide bonds. The smallest absolute Gasteiger partial charge is 0.410 e. The van der Waals surface area contributed by atoms with Crippen LogP contribution in [-0.4, -0.2) is 34.7 Å². The van der Waals surface area contributed by atoms with Crippen LogP contribution in [0.3, 0.4) is 0 Å². The lowest BCUT2D eigenvalue weighted by molar-refractivity contribution is -0.0494. The van der Waals surface area contributed by atoms with Gasteiger partial charge < -0.3 is 15.0 Å². The van der Waals surface area contributed by atoms with E-state index in [4.69, 9.17) is 4.74 Å². The van der Waals surface area contributed by atoms with Crippen LogP contribution in [0.25, 0.3) is 0 Å². The summed E-state index contributed by atoms with van der Waals surface area (Å²) in [6.45, 7) is 7.48. The van der Waals surface area contributed by atoms with Crippen LogP contribution in [0, 0.1) is 0 Å². The molecule has 0 radical (unpaired) electrons. The number of hydrogen-bond acceptors (Lipinski definition) is 4. The molecule has 1 N–H and O–H groups in total. The number of hydrogen-bond donors (Lipinski definition) is 1. The van der Waals surface area contributed by atoms with E-state index in [9.17, 15) is 4.79 Å². The van der Waals surface area contributed by atoms with Crippen LogP contribution in [0.5, 0.6) is 0 Å². The standard InChI is InChI=1S/C18H27BrN2O2S/c1-17(2,3)23-16(22)21-8-5-14(9-18(21)6-4-7-18)20-10-13-11-24-12-15(13)19/h11-12,14,20H,4-10H2,1-3H3. The van der Waals surface area contributed by atoms with Crippen molar-refractivity contribution in [2.24, 2.45) is 0 Å². The maximum Gasteiger partial charge on any atom is 0.410 e. The Kier molecular flexibility index (Phi) is 5.28. The van der Waals surface area contributed by atoms with Gasteiger partial charge >= 0.3 is 6.09 Å². The number of carbonyl (C=O) groups excluding carboxylic acids is 1. The molecule has 0 aromatic carbocycles. The highest BCUT2D eigenvalue weighted by Gasteiger charge is 2.49. The minimum atomic E-state index is -0.428. The predicted octanol–water partition coefficient (Wildman–Crippen LogP) is 4.92. The first-order valence-electron chi connectivity index (χ1n) is 8.74. The molecule has 1 aromatic rings. The molecule has 6 heteroatoms. The summed E-state index contributed by atoms with van der Waals surface area (Å²) >= 11 is 5.32. The Hall–Kier alpha value is -0.590. The second kappa shape index (κ2) is 6.96. The van der Waals surface area contributed by atoms with Crippen molar-refractivity contribution in [1.29, 1.82) is 0 Å². The molecule has 0 bridgehead atoms. The van der Waals surface area contributed by atoms with Gasteiger partial charge in [0, 0.05) is 34.5 Å². The largest absolute Gasteiger partial charge is 0.444 e. The molecular formula is C18H27BrN2O2S. The van der Waals surface area contributed by atoms with Gasteiger partial charge in [-0.2, -0.15) is 11.3 Å². The van der Waals surface area contributed by atoms with E-state index in [1.54, 1.807) is 11.3 Å². The minimum Gasteiger partial charge on any atom is -0.444 e. The fourth-order valence-corrected chi connectivity index (χ4v) is 5.16. The number of rotatable bonds is 3. The lowest BCUT2D eigenvalue weighted by Gasteiger charge is -2.54. The number of ether oxygens (including phenoxy) is 1. The van der Waals surface area contributed by atoms with Gasteiger partial charge in [0.2, 0.25) is 0 Å². The second-order valence-corrected chi connectivity index (χ2v) is 9.62. The van der Waals surface area contributed by atoms with Crippen LogP contribution in [-0.2, 0) is 11.3 Å². The molecule has 24 heavy (non-hydrogen) atoms. The number of likely N-dealkylation sites (tertiary alicyclic amines) is 1. The van der Waals surface area contributed by atoms with Crippen LogP contribution < -0.4 is 5.32 Å². The number of nitrogens with zero attached hydrogens (tertiary/aromatic N) is 1. The summed E-state index contributed by atoms with van der Waals surface area (Å²) in [7, 11) is 0. The first-order valence-corrected chi connectivity index (χ1v) is 10.5. The zero-order valence-corrected chi connectivity index (χ0v) is 17.1. The zero-order valence-electron chi connectivity index (χ0n) is 14.7. The normalized spacial score (nSPS) is 23.2. The maximum atomic E-state index is 12.6. The Morgan fingerprint density at radius 2 is 2.21 bits per heavy atom. The highest BCUT2D eigenvalue weighted by molar-refractivity contribution is 9.10. The van der Waals surface area contributed by atoms with E-state index >= 15 is 0 Å². The van der Waals surface area contributed by atoms with Gasteiger partial charge in [0.25, 0.3) is 0 Å². The van der Waals surface area contributed by atoms with Gasteiger partial charge in [-0.15, -0.1) is 0 Å². The Bertz CT molecular complexity index is 592. The first kappa shape index (κ1) is 18.2. The summed E-state index contributed by atoms with van der Waals surface area (Å²) in [5, 5.41) is 8.00. The van der Waals surface area contributed by atoms with E-state index in [2.05, 4.69) is 32.0 Å². The van der Waals surface area contributed by atoms with Gasteiger partial charge in [-0.1, -0.05) is 0 Å². The molecule has 2 fully saturated rings. The lowest BCUT2D eigenvalue weighted by atomic mass is 9.69. The van der Waals surface area contributed by atoms with E-state index in [-0.39, 0.29) is 11.6 Å². The third-order valence-electron chi connectivity index (χ3n) is 5.07. The summed E-state index contributed by atoms with van der Waals surface area (Å²) in [5.74, 6) is 0. The molecule has 1 aromatic heterocycles. The number of nitrogens with one attached hydrogen (secondary N) is 1. The Morgan fingerprint density at radius 3 is 2.75 bits per heavy atom. The van der Waals surface area contributed by atoms with E-state index in [0.717, 1.165) is 38.8 Å². The average Bonchev–Trinajstić information content (AvgIpc) is 2.86. The van der Waals surface area contributed by atoms with E-state index in [0.29, 0.717) is 6.04 Å². The second-order valence-electron chi connectivity index (χ2n) is 8.03. The van der Waals surface area contributed by atoms with Crippen LogP contribution in [0.15, 0.2) is 15.2 Å². The molecule has 1 spiro atoms. The quantitative estimate of drug-likeness (QED) is 0.762. The van der Waals surface area contributed by atoms with Crippen molar-refractivity contribution in [2.45, 2.75) is 76.6 Å². The highest BCUT2D eigenvalue weighted by atomic mass is 79.9. The van der Waals surface area contributed by atoms with Gasteiger partial charge in [-0.3, -0.25) is 0 Å². The average molecular weight is 415 g/mol. The van der Waals surface area contributed by atoms with Crippen LogP contribution in [0.1, 0.15) is 58.4 Å². The Morgan fingerprint density at radius 1 is 1.46 bits per heavy atom. The van der Waals surface area contributed by atoms with Crippen molar-refractivity contribution in [2.75, 3.05) is 6.54 Å². The molecule has 1 aliphatic heterocycles. The van der Waals surface area contributed by atoms with Crippen molar-refractivity contribution in [3.05, 3.63) is 20.8 Å². The fraction of sp³-hybridized carbons (Fsp3) is 0.722. The molecule has 1 atom stereocenters. The molecule has 3 rings (SSSR count). The van der Waals surface area contributed by atoms with Crippen molar-refractivity contribution >= 4 is 33.4 Å². The molecular weight excluding hydrogens is 388 g/mol. The number of piperidine rings is 1. The van der Waals surface area contributed by atoms with Crippen LogP contribution in [0.4, 0.5) is 4.79 Å². The lowest BCUT2D eigenvalue weighted by Crippen LogP contribution is -2.63. The topological polar surface area (TPSA) is 41.6 Å².